The van der Waals surface area contributed by atoms with Crippen molar-refractivity contribution < 1.29 is 18.7 Å². The largest absolute Gasteiger partial charge is 0.455 e. The van der Waals surface area contributed by atoms with Crippen LogP contribution in [0.3, 0.4) is 0 Å². The van der Waals surface area contributed by atoms with Crippen LogP contribution >= 0.6 is 15.9 Å². The summed E-state index contributed by atoms with van der Waals surface area (Å²) in [7, 11) is 0. The lowest BCUT2D eigenvalue weighted by Gasteiger charge is -2.31. The molecule has 2 heterocycles. The van der Waals surface area contributed by atoms with Crippen molar-refractivity contribution in [1.82, 2.24) is 4.90 Å². The average Bonchev–Trinajstić information content (AvgIpc) is 2.77. The molecule has 1 aliphatic heterocycles. The Morgan fingerprint density at radius 2 is 1.87 bits per heavy atom. The maximum absolute atomic E-state index is 13.1. The number of nitrogens with zero attached hydrogens (tertiary/aromatic N) is 1. The standard InChI is InChI=1S/C23H22BrNO5/c1-14-20(26)18-12-17(24)13-19(22(18)30-21(14)16-6-4-3-5-7-16)23(27)29-15(2)25-8-10-28-11-9-25/h3-7,12-13,15H,8-11H2,1-2H3. The average molecular weight is 472 g/mol. The van der Waals surface area contributed by atoms with Crippen molar-refractivity contribution in [2.24, 2.45) is 0 Å². The Kier molecular flexibility index (Phi) is 6.04. The summed E-state index contributed by atoms with van der Waals surface area (Å²) in [5.41, 5.74) is 1.54. The van der Waals surface area contributed by atoms with Gasteiger partial charge in [0, 0.05) is 28.7 Å². The monoisotopic (exact) mass is 471 g/mol. The fraction of sp³-hybridized carbons (Fsp3) is 0.304. The predicted octanol–water partition coefficient (Wildman–Crippen LogP) is 4.37. The summed E-state index contributed by atoms with van der Waals surface area (Å²) in [6, 6.07) is 12.7. The quantitative estimate of drug-likeness (QED) is 0.526. The first kappa shape index (κ1) is 20.8. The zero-order chi connectivity index (χ0) is 21.3. The summed E-state index contributed by atoms with van der Waals surface area (Å²) in [4.78, 5) is 28.1. The molecule has 1 aromatic heterocycles. The first-order valence-electron chi connectivity index (χ1n) is 9.81. The van der Waals surface area contributed by atoms with Crippen LogP contribution in [-0.4, -0.2) is 43.4 Å². The van der Waals surface area contributed by atoms with E-state index < -0.39 is 12.2 Å². The second kappa shape index (κ2) is 8.71. The molecule has 1 atom stereocenters. The van der Waals surface area contributed by atoms with E-state index >= 15 is 0 Å². The highest BCUT2D eigenvalue weighted by atomic mass is 79.9. The van der Waals surface area contributed by atoms with Crippen molar-refractivity contribution in [3.8, 4) is 11.3 Å². The lowest BCUT2D eigenvalue weighted by atomic mass is 10.0. The lowest BCUT2D eigenvalue weighted by Crippen LogP contribution is -2.44. The van der Waals surface area contributed by atoms with E-state index in [0.29, 0.717) is 47.5 Å². The van der Waals surface area contributed by atoms with Crippen LogP contribution in [0.15, 0.2) is 56.1 Å². The minimum absolute atomic E-state index is 0.174. The summed E-state index contributed by atoms with van der Waals surface area (Å²) in [6.07, 6.45) is -0.416. The van der Waals surface area contributed by atoms with E-state index in [1.165, 1.54) is 0 Å². The summed E-state index contributed by atoms with van der Waals surface area (Å²) in [5.74, 6) is -0.0861. The number of rotatable bonds is 4. The van der Waals surface area contributed by atoms with Gasteiger partial charge in [0.1, 0.15) is 11.3 Å². The second-order valence-corrected chi connectivity index (χ2v) is 8.15. The molecule has 0 amide bonds. The Hall–Kier alpha value is -2.48. The molecule has 30 heavy (non-hydrogen) atoms. The van der Waals surface area contributed by atoms with Crippen molar-refractivity contribution in [3.05, 3.63) is 68.3 Å². The van der Waals surface area contributed by atoms with Gasteiger partial charge in [-0.3, -0.25) is 9.69 Å². The fourth-order valence-corrected chi connectivity index (χ4v) is 4.06. The number of morpholine rings is 1. The normalized spacial score (nSPS) is 15.8. The van der Waals surface area contributed by atoms with Crippen LogP contribution in [0.2, 0.25) is 0 Å². The molecule has 0 aliphatic carbocycles. The van der Waals surface area contributed by atoms with Gasteiger partial charge in [0.15, 0.2) is 17.2 Å². The third-order valence-electron chi connectivity index (χ3n) is 5.28. The van der Waals surface area contributed by atoms with Crippen molar-refractivity contribution >= 4 is 32.9 Å². The highest BCUT2D eigenvalue weighted by molar-refractivity contribution is 9.10. The third kappa shape index (κ3) is 4.05. The molecule has 1 aliphatic rings. The SMILES string of the molecule is Cc1c(-c2ccccc2)oc2c(C(=O)OC(C)N3CCOCC3)cc(Br)cc2c1=O. The minimum atomic E-state index is -0.536. The number of carbonyl (C=O) groups is 1. The molecule has 1 saturated heterocycles. The molecule has 4 rings (SSSR count). The van der Waals surface area contributed by atoms with Gasteiger partial charge in [0.2, 0.25) is 0 Å². The highest BCUT2D eigenvalue weighted by Crippen LogP contribution is 2.30. The molecular weight excluding hydrogens is 450 g/mol. The van der Waals surface area contributed by atoms with E-state index in [1.54, 1.807) is 19.1 Å². The zero-order valence-corrected chi connectivity index (χ0v) is 18.4. The smallest absolute Gasteiger partial charge is 0.343 e. The number of esters is 1. The Morgan fingerprint density at radius 3 is 2.57 bits per heavy atom. The number of ether oxygens (including phenoxy) is 2. The summed E-state index contributed by atoms with van der Waals surface area (Å²) < 4.78 is 17.8. The van der Waals surface area contributed by atoms with E-state index in [1.807, 2.05) is 42.2 Å². The molecule has 1 fully saturated rings. The fourth-order valence-electron chi connectivity index (χ4n) is 3.61. The minimum Gasteiger partial charge on any atom is -0.455 e. The molecule has 156 valence electrons. The topological polar surface area (TPSA) is 69.0 Å². The van der Waals surface area contributed by atoms with Gasteiger partial charge in [-0.2, -0.15) is 0 Å². The molecule has 0 radical (unpaired) electrons. The first-order chi connectivity index (χ1) is 14.5. The molecule has 7 heteroatoms. The van der Waals surface area contributed by atoms with Crippen LogP contribution in [0, 0.1) is 6.92 Å². The van der Waals surface area contributed by atoms with E-state index in [-0.39, 0.29) is 16.6 Å². The van der Waals surface area contributed by atoms with Crippen molar-refractivity contribution in [2.75, 3.05) is 26.3 Å². The Balaban J connectivity index is 1.78. The highest BCUT2D eigenvalue weighted by Gasteiger charge is 2.25. The third-order valence-corrected chi connectivity index (χ3v) is 5.73. The number of fused-ring (bicyclic) bond motifs is 1. The van der Waals surface area contributed by atoms with Crippen LogP contribution in [-0.2, 0) is 9.47 Å². The first-order valence-corrected chi connectivity index (χ1v) is 10.6. The number of benzene rings is 2. The summed E-state index contributed by atoms with van der Waals surface area (Å²) in [5, 5.41) is 0.340. The van der Waals surface area contributed by atoms with Crippen LogP contribution in [0.5, 0.6) is 0 Å². The Bertz CT molecular complexity index is 1140. The van der Waals surface area contributed by atoms with Gasteiger partial charge in [-0.15, -0.1) is 0 Å². The molecule has 0 saturated carbocycles. The van der Waals surface area contributed by atoms with Gasteiger partial charge in [-0.05, 0) is 26.0 Å². The molecule has 0 N–H and O–H groups in total. The maximum atomic E-state index is 13.1. The van der Waals surface area contributed by atoms with Crippen molar-refractivity contribution in [2.45, 2.75) is 20.1 Å². The number of hydrogen-bond acceptors (Lipinski definition) is 6. The van der Waals surface area contributed by atoms with E-state index in [4.69, 9.17) is 13.9 Å². The van der Waals surface area contributed by atoms with Gasteiger partial charge in [-0.1, -0.05) is 46.3 Å². The number of carbonyl (C=O) groups excluding carboxylic acids is 1. The van der Waals surface area contributed by atoms with E-state index in [2.05, 4.69) is 15.9 Å². The number of hydrogen-bond donors (Lipinski definition) is 0. The summed E-state index contributed by atoms with van der Waals surface area (Å²) >= 11 is 3.40. The molecule has 0 bridgehead atoms. The van der Waals surface area contributed by atoms with Gasteiger partial charge >= 0.3 is 5.97 Å². The van der Waals surface area contributed by atoms with E-state index in [9.17, 15) is 9.59 Å². The van der Waals surface area contributed by atoms with Crippen LogP contribution in [0.4, 0.5) is 0 Å². The van der Waals surface area contributed by atoms with Gasteiger partial charge in [-0.25, -0.2) is 4.79 Å². The Morgan fingerprint density at radius 1 is 1.17 bits per heavy atom. The molecule has 3 aromatic rings. The molecule has 0 spiro atoms. The predicted molar refractivity (Wildman–Crippen MR) is 118 cm³/mol. The molecular formula is C23H22BrNO5. The molecule has 2 aromatic carbocycles. The number of halogens is 1. The van der Waals surface area contributed by atoms with Gasteiger partial charge in [0.25, 0.3) is 0 Å². The van der Waals surface area contributed by atoms with Crippen molar-refractivity contribution in [3.63, 3.8) is 0 Å². The van der Waals surface area contributed by atoms with Crippen LogP contribution in [0.25, 0.3) is 22.3 Å². The van der Waals surface area contributed by atoms with Crippen LogP contribution in [0.1, 0.15) is 22.8 Å². The molecule has 1 unspecified atom stereocenters. The van der Waals surface area contributed by atoms with E-state index in [0.717, 1.165) is 5.56 Å². The van der Waals surface area contributed by atoms with Gasteiger partial charge in [0.05, 0.1) is 18.6 Å². The van der Waals surface area contributed by atoms with Crippen LogP contribution < -0.4 is 5.43 Å². The lowest BCUT2D eigenvalue weighted by molar-refractivity contribution is -0.0636. The zero-order valence-electron chi connectivity index (χ0n) is 16.8. The second-order valence-electron chi connectivity index (χ2n) is 7.23. The maximum Gasteiger partial charge on any atom is 0.343 e. The summed E-state index contributed by atoms with van der Waals surface area (Å²) in [6.45, 7) is 6.17. The van der Waals surface area contributed by atoms with Gasteiger partial charge < -0.3 is 13.9 Å². The molecule has 6 nitrogen and oxygen atoms in total. The van der Waals surface area contributed by atoms with Crippen molar-refractivity contribution in [1.29, 1.82) is 0 Å². The Labute approximate surface area is 182 Å².